The summed E-state index contributed by atoms with van der Waals surface area (Å²) in [6.07, 6.45) is 0.758. The first-order chi connectivity index (χ1) is 10.5. The zero-order chi connectivity index (χ0) is 16.1. The van der Waals surface area contributed by atoms with Crippen molar-refractivity contribution in [2.24, 2.45) is 0 Å². The second-order valence-corrected chi connectivity index (χ2v) is 5.53. The molecular weight excluding hydrogens is 285 g/mol. The summed E-state index contributed by atoms with van der Waals surface area (Å²) in [5.74, 6) is -0.349. The van der Waals surface area contributed by atoms with E-state index in [4.69, 9.17) is 0 Å². The van der Waals surface area contributed by atoms with Crippen LogP contribution in [0.15, 0.2) is 24.3 Å². The lowest BCUT2D eigenvalue weighted by Gasteiger charge is -2.25. The molecule has 0 aliphatic carbocycles. The highest BCUT2D eigenvalue weighted by Crippen LogP contribution is 2.15. The Morgan fingerprint density at radius 1 is 1.41 bits per heavy atom. The van der Waals surface area contributed by atoms with E-state index in [-0.39, 0.29) is 30.2 Å². The number of likely N-dealkylation sites (N-methyl/N-ethyl adjacent to an activating group) is 2. The Kier molecular flexibility index (Phi) is 5.49. The Morgan fingerprint density at radius 3 is 2.64 bits per heavy atom. The number of halogens is 1. The standard InChI is InChI=1S/C16H22FN3O2/c1-3-20(14-8-9-19(2)16(14)22)11-15(21)18-10-12-4-6-13(17)7-5-12/h4-7,14H,3,8-11H2,1-2H3,(H,18,21). The molecule has 1 fully saturated rings. The Labute approximate surface area is 130 Å². The molecule has 2 amide bonds. The van der Waals surface area contributed by atoms with Crippen molar-refractivity contribution in [3.63, 3.8) is 0 Å². The molecule has 2 rings (SSSR count). The molecule has 0 aromatic heterocycles. The SMILES string of the molecule is CCN(CC(=O)NCc1ccc(F)cc1)C1CCN(C)C1=O. The van der Waals surface area contributed by atoms with E-state index in [1.54, 1.807) is 24.1 Å². The third-order valence-corrected chi connectivity index (χ3v) is 4.00. The molecule has 1 saturated heterocycles. The summed E-state index contributed by atoms with van der Waals surface area (Å²) < 4.78 is 12.8. The maximum atomic E-state index is 12.8. The van der Waals surface area contributed by atoms with Gasteiger partial charge in [-0.25, -0.2) is 4.39 Å². The van der Waals surface area contributed by atoms with Crippen LogP contribution < -0.4 is 5.32 Å². The van der Waals surface area contributed by atoms with E-state index >= 15 is 0 Å². The zero-order valence-corrected chi connectivity index (χ0v) is 13.0. The molecule has 0 bridgehead atoms. The summed E-state index contributed by atoms with van der Waals surface area (Å²) in [5, 5.41) is 2.80. The number of likely N-dealkylation sites (tertiary alicyclic amines) is 1. The van der Waals surface area contributed by atoms with E-state index in [2.05, 4.69) is 5.32 Å². The van der Waals surface area contributed by atoms with Gasteiger partial charge in [-0.3, -0.25) is 14.5 Å². The molecule has 1 N–H and O–H groups in total. The van der Waals surface area contributed by atoms with Gasteiger partial charge >= 0.3 is 0 Å². The van der Waals surface area contributed by atoms with Crippen LogP contribution in [0.1, 0.15) is 18.9 Å². The fourth-order valence-electron chi connectivity index (χ4n) is 2.63. The molecule has 1 aromatic carbocycles. The van der Waals surface area contributed by atoms with Crippen molar-refractivity contribution in [2.45, 2.75) is 25.9 Å². The minimum Gasteiger partial charge on any atom is -0.351 e. The molecule has 1 aromatic rings. The highest BCUT2D eigenvalue weighted by molar-refractivity contribution is 5.85. The normalized spacial score (nSPS) is 18.1. The van der Waals surface area contributed by atoms with Gasteiger partial charge in [0.2, 0.25) is 11.8 Å². The fourth-order valence-corrected chi connectivity index (χ4v) is 2.63. The average molecular weight is 307 g/mol. The number of nitrogens with one attached hydrogen (secondary N) is 1. The molecule has 0 saturated carbocycles. The minimum absolute atomic E-state index is 0.0770. The van der Waals surface area contributed by atoms with E-state index in [9.17, 15) is 14.0 Å². The molecule has 1 atom stereocenters. The van der Waals surface area contributed by atoms with Gasteiger partial charge in [-0.15, -0.1) is 0 Å². The van der Waals surface area contributed by atoms with E-state index < -0.39 is 0 Å². The third kappa shape index (κ3) is 4.04. The molecule has 5 nitrogen and oxygen atoms in total. The second-order valence-electron chi connectivity index (χ2n) is 5.53. The maximum absolute atomic E-state index is 12.8. The van der Waals surface area contributed by atoms with Gasteiger partial charge in [-0.05, 0) is 30.7 Å². The van der Waals surface area contributed by atoms with Crippen molar-refractivity contribution < 1.29 is 14.0 Å². The summed E-state index contributed by atoms with van der Waals surface area (Å²) >= 11 is 0. The first kappa shape index (κ1) is 16.4. The second kappa shape index (κ2) is 7.35. The zero-order valence-electron chi connectivity index (χ0n) is 13.0. The van der Waals surface area contributed by atoms with Crippen LogP contribution in [0, 0.1) is 5.82 Å². The number of carbonyl (C=O) groups excluding carboxylic acids is 2. The Balaban J connectivity index is 1.84. The van der Waals surface area contributed by atoms with Crippen molar-refractivity contribution in [3.8, 4) is 0 Å². The Bertz CT molecular complexity index is 533. The van der Waals surface area contributed by atoms with E-state index in [0.717, 1.165) is 18.5 Å². The van der Waals surface area contributed by atoms with Gasteiger partial charge in [0.15, 0.2) is 0 Å². The van der Waals surface area contributed by atoms with Crippen molar-refractivity contribution >= 4 is 11.8 Å². The van der Waals surface area contributed by atoms with Gasteiger partial charge < -0.3 is 10.2 Å². The van der Waals surface area contributed by atoms with Crippen LogP contribution in [-0.2, 0) is 16.1 Å². The van der Waals surface area contributed by atoms with Crippen LogP contribution >= 0.6 is 0 Å². The Morgan fingerprint density at radius 2 is 2.09 bits per heavy atom. The topological polar surface area (TPSA) is 52.7 Å². The van der Waals surface area contributed by atoms with Crippen LogP contribution in [0.3, 0.4) is 0 Å². The quantitative estimate of drug-likeness (QED) is 0.853. The van der Waals surface area contributed by atoms with Gasteiger partial charge in [0, 0.05) is 20.1 Å². The number of carbonyl (C=O) groups is 2. The largest absolute Gasteiger partial charge is 0.351 e. The summed E-state index contributed by atoms with van der Waals surface area (Å²) in [7, 11) is 1.78. The molecule has 1 heterocycles. The maximum Gasteiger partial charge on any atom is 0.239 e. The first-order valence-corrected chi connectivity index (χ1v) is 7.51. The minimum atomic E-state index is -0.295. The van der Waals surface area contributed by atoms with Gasteiger partial charge in [0.05, 0.1) is 12.6 Å². The lowest BCUT2D eigenvalue weighted by molar-refractivity contribution is -0.132. The van der Waals surface area contributed by atoms with Gasteiger partial charge in [0.25, 0.3) is 0 Å². The molecule has 6 heteroatoms. The third-order valence-electron chi connectivity index (χ3n) is 4.00. The van der Waals surface area contributed by atoms with E-state index in [0.29, 0.717) is 13.1 Å². The van der Waals surface area contributed by atoms with E-state index in [1.165, 1.54) is 12.1 Å². The van der Waals surface area contributed by atoms with Crippen molar-refractivity contribution in [3.05, 3.63) is 35.6 Å². The number of benzene rings is 1. The summed E-state index contributed by atoms with van der Waals surface area (Å²) in [6, 6.07) is 5.82. The molecule has 0 spiro atoms. The lowest BCUT2D eigenvalue weighted by atomic mass is 10.2. The smallest absolute Gasteiger partial charge is 0.239 e. The highest BCUT2D eigenvalue weighted by Gasteiger charge is 2.33. The molecule has 1 unspecified atom stereocenters. The lowest BCUT2D eigenvalue weighted by Crippen LogP contribution is -2.46. The molecule has 120 valence electrons. The highest BCUT2D eigenvalue weighted by atomic mass is 19.1. The molecular formula is C16H22FN3O2. The molecule has 1 aliphatic rings. The number of nitrogens with zero attached hydrogens (tertiary/aromatic N) is 2. The summed E-state index contributed by atoms with van der Waals surface area (Å²) in [5.41, 5.74) is 0.842. The van der Waals surface area contributed by atoms with E-state index in [1.807, 2.05) is 11.8 Å². The van der Waals surface area contributed by atoms with Crippen molar-refractivity contribution in [1.29, 1.82) is 0 Å². The van der Waals surface area contributed by atoms with Crippen LogP contribution in [0.25, 0.3) is 0 Å². The van der Waals surface area contributed by atoms with Crippen LogP contribution in [0.4, 0.5) is 4.39 Å². The molecule has 22 heavy (non-hydrogen) atoms. The van der Waals surface area contributed by atoms with Crippen molar-refractivity contribution in [1.82, 2.24) is 15.1 Å². The predicted octanol–water partition coefficient (Wildman–Crippen LogP) is 0.994. The average Bonchev–Trinajstić information content (AvgIpc) is 2.84. The summed E-state index contributed by atoms with van der Waals surface area (Å²) in [6.45, 7) is 3.88. The van der Waals surface area contributed by atoms with Crippen molar-refractivity contribution in [2.75, 3.05) is 26.7 Å². The van der Waals surface area contributed by atoms with Crippen LogP contribution in [0.2, 0.25) is 0 Å². The number of rotatable bonds is 6. The predicted molar refractivity (Wildman–Crippen MR) is 81.5 cm³/mol. The number of amides is 2. The van der Waals surface area contributed by atoms with Gasteiger partial charge in [0.1, 0.15) is 5.82 Å². The summed E-state index contributed by atoms with van der Waals surface area (Å²) in [4.78, 5) is 27.7. The number of hydrogen-bond acceptors (Lipinski definition) is 3. The first-order valence-electron chi connectivity index (χ1n) is 7.51. The van der Waals surface area contributed by atoms with Gasteiger partial charge in [-0.1, -0.05) is 19.1 Å². The molecule has 0 radical (unpaired) electrons. The molecule has 1 aliphatic heterocycles. The Hall–Kier alpha value is -1.95. The van der Waals surface area contributed by atoms with Gasteiger partial charge in [-0.2, -0.15) is 0 Å². The van der Waals surface area contributed by atoms with Crippen LogP contribution in [-0.4, -0.2) is 54.3 Å². The van der Waals surface area contributed by atoms with Crippen LogP contribution in [0.5, 0.6) is 0 Å². The number of hydrogen-bond donors (Lipinski definition) is 1. The fraction of sp³-hybridized carbons (Fsp3) is 0.500. The monoisotopic (exact) mass is 307 g/mol.